The number of ether oxygens (including phenoxy) is 3. The lowest BCUT2D eigenvalue weighted by molar-refractivity contribution is -0.0247. The predicted molar refractivity (Wildman–Crippen MR) is 174 cm³/mol. The number of carbonyl (C=O) groups excluding carboxylic acids is 1. The third kappa shape index (κ3) is 7.28. The molecule has 238 valence electrons. The standard InChI is InChI=1S/C34H42N4O6Si/c1-22-32(43-3)27-19-25(35-34(40)24-11-14-26(42-2)15-12-24)13-16-30(27)44-33(22)31(45(4,5)41)17-18-38-20-29(36-37-38)28(21-39)23-9-7-6-8-10-23/h6-16,19-20,22,28,31-33,39,41H,17-18,21H2,1-5H3,(H,35,40)/t22-,28?,31?,32-,33-/m0/s1. The first kappa shape index (κ1) is 32.4. The van der Waals surface area contributed by atoms with Crippen LogP contribution in [0.5, 0.6) is 11.5 Å². The Balaban J connectivity index is 1.32. The van der Waals surface area contributed by atoms with E-state index in [1.54, 1.807) is 43.2 Å². The summed E-state index contributed by atoms with van der Waals surface area (Å²) in [4.78, 5) is 24.4. The van der Waals surface area contributed by atoms with Gasteiger partial charge < -0.3 is 29.4 Å². The summed E-state index contributed by atoms with van der Waals surface area (Å²) in [5.74, 6) is 0.786. The van der Waals surface area contributed by atoms with Crippen LogP contribution in [0.1, 0.15) is 52.5 Å². The lowest BCUT2D eigenvalue weighted by Gasteiger charge is -2.43. The first-order valence-electron chi connectivity index (χ1n) is 15.2. The van der Waals surface area contributed by atoms with Crippen molar-refractivity contribution in [2.24, 2.45) is 5.92 Å². The number of amides is 1. The molecule has 2 heterocycles. The zero-order valence-electron chi connectivity index (χ0n) is 26.4. The molecule has 1 amide bonds. The van der Waals surface area contributed by atoms with Crippen LogP contribution in [-0.2, 0) is 11.3 Å². The number of rotatable bonds is 12. The number of methoxy groups -OCH3 is 2. The Morgan fingerprint density at radius 1 is 1.09 bits per heavy atom. The molecule has 45 heavy (non-hydrogen) atoms. The molecule has 1 aliphatic heterocycles. The van der Waals surface area contributed by atoms with Gasteiger partial charge in [0.25, 0.3) is 5.91 Å². The number of hydrogen-bond donors (Lipinski definition) is 3. The lowest BCUT2D eigenvalue weighted by Crippen LogP contribution is -2.48. The van der Waals surface area contributed by atoms with Crippen LogP contribution in [-0.4, -0.2) is 66.1 Å². The summed E-state index contributed by atoms with van der Waals surface area (Å²) in [6, 6.07) is 22.3. The maximum atomic E-state index is 12.9. The monoisotopic (exact) mass is 630 g/mol. The fourth-order valence-corrected chi connectivity index (χ4v) is 8.24. The SMILES string of the molecule is COc1ccc(C(=O)Nc2ccc3c(c2)[C@@H](OC)[C@H](C)[C@@H](C(CCn2cc(C(CO)c4ccccc4)nn2)[Si](C)(C)O)O3)cc1. The number of aliphatic hydroxyl groups is 1. The molecule has 10 nitrogen and oxygen atoms in total. The summed E-state index contributed by atoms with van der Waals surface area (Å²) in [6.07, 6.45) is 1.90. The van der Waals surface area contributed by atoms with E-state index in [9.17, 15) is 14.7 Å². The van der Waals surface area contributed by atoms with Gasteiger partial charge in [-0.1, -0.05) is 42.5 Å². The Labute approximate surface area is 265 Å². The lowest BCUT2D eigenvalue weighted by atomic mass is 9.86. The van der Waals surface area contributed by atoms with E-state index < -0.39 is 8.32 Å². The molecule has 2 unspecified atom stereocenters. The van der Waals surface area contributed by atoms with E-state index in [2.05, 4.69) is 22.6 Å². The topological polar surface area (TPSA) is 128 Å². The number of nitrogens with one attached hydrogen (secondary N) is 1. The van der Waals surface area contributed by atoms with Gasteiger partial charge in [0, 0.05) is 48.1 Å². The highest BCUT2D eigenvalue weighted by Crippen LogP contribution is 2.47. The van der Waals surface area contributed by atoms with Gasteiger partial charge in [-0.05, 0) is 67.5 Å². The van der Waals surface area contributed by atoms with E-state index in [1.165, 1.54) is 0 Å². The highest BCUT2D eigenvalue weighted by atomic mass is 28.4. The molecule has 0 aliphatic carbocycles. The van der Waals surface area contributed by atoms with E-state index in [0.29, 0.717) is 41.4 Å². The smallest absolute Gasteiger partial charge is 0.255 e. The molecule has 3 N–H and O–H groups in total. The molecular formula is C34H42N4O6Si. The van der Waals surface area contributed by atoms with Crippen LogP contribution in [0.15, 0.2) is 79.0 Å². The quantitative estimate of drug-likeness (QED) is 0.178. The molecule has 0 fully saturated rings. The van der Waals surface area contributed by atoms with Crippen molar-refractivity contribution >= 4 is 19.9 Å². The Hall–Kier alpha value is -4.03. The van der Waals surface area contributed by atoms with Gasteiger partial charge in [0.2, 0.25) is 0 Å². The van der Waals surface area contributed by atoms with Crippen LogP contribution >= 0.6 is 0 Å². The second-order valence-electron chi connectivity index (χ2n) is 12.1. The minimum Gasteiger partial charge on any atom is -0.497 e. The Morgan fingerprint density at radius 2 is 1.82 bits per heavy atom. The number of nitrogens with zero attached hydrogens (tertiary/aromatic N) is 3. The van der Waals surface area contributed by atoms with E-state index >= 15 is 0 Å². The van der Waals surface area contributed by atoms with Crippen molar-refractivity contribution in [2.75, 3.05) is 26.1 Å². The van der Waals surface area contributed by atoms with Gasteiger partial charge in [0.15, 0.2) is 8.32 Å². The van der Waals surface area contributed by atoms with E-state index in [1.807, 2.05) is 67.8 Å². The number of anilines is 1. The molecule has 5 rings (SSSR count). The maximum Gasteiger partial charge on any atom is 0.255 e. The molecule has 11 heteroatoms. The Bertz CT molecular complexity index is 1570. The number of hydrogen-bond acceptors (Lipinski definition) is 8. The van der Waals surface area contributed by atoms with Crippen molar-refractivity contribution in [1.82, 2.24) is 15.0 Å². The average molecular weight is 631 g/mol. The number of aryl methyl sites for hydroxylation is 1. The van der Waals surface area contributed by atoms with E-state index in [4.69, 9.17) is 14.2 Å². The Kier molecular flexibility index (Phi) is 10.0. The Morgan fingerprint density at radius 3 is 2.47 bits per heavy atom. The second kappa shape index (κ2) is 13.9. The molecule has 5 atom stereocenters. The zero-order valence-corrected chi connectivity index (χ0v) is 27.4. The van der Waals surface area contributed by atoms with Crippen LogP contribution < -0.4 is 14.8 Å². The molecule has 0 spiro atoms. The first-order valence-corrected chi connectivity index (χ1v) is 18.2. The number of aromatic nitrogens is 3. The molecular weight excluding hydrogens is 588 g/mol. The van der Waals surface area contributed by atoms with Crippen molar-refractivity contribution in [3.8, 4) is 11.5 Å². The summed E-state index contributed by atoms with van der Waals surface area (Å²) in [5, 5.41) is 21.7. The second-order valence-corrected chi connectivity index (χ2v) is 16.2. The molecule has 1 aromatic heterocycles. The summed E-state index contributed by atoms with van der Waals surface area (Å²) >= 11 is 0. The van der Waals surface area contributed by atoms with Gasteiger partial charge in [-0.2, -0.15) is 0 Å². The number of aliphatic hydroxyl groups excluding tert-OH is 1. The molecule has 4 aromatic rings. The van der Waals surface area contributed by atoms with Gasteiger partial charge in [0.1, 0.15) is 17.6 Å². The van der Waals surface area contributed by atoms with Crippen molar-refractivity contribution in [3.05, 3.63) is 101 Å². The summed E-state index contributed by atoms with van der Waals surface area (Å²) in [6.45, 7) is 6.42. The van der Waals surface area contributed by atoms with Crippen molar-refractivity contribution in [1.29, 1.82) is 0 Å². The van der Waals surface area contributed by atoms with Crippen molar-refractivity contribution in [3.63, 3.8) is 0 Å². The normalized spacial score (nSPS) is 19.2. The first-order chi connectivity index (χ1) is 21.6. The molecule has 3 aromatic carbocycles. The highest BCUT2D eigenvalue weighted by molar-refractivity contribution is 6.71. The van der Waals surface area contributed by atoms with Gasteiger partial charge in [-0.25, -0.2) is 0 Å². The van der Waals surface area contributed by atoms with Gasteiger partial charge >= 0.3 is 0 Å². The van der Waals surface area contributed by atoms with Gasteiger partial charge in [-0.15, -0.1) is 5.10 Å². The fraction of sp³-hybridized carbons (Fsp3) is 0.382. The van der Waals surface area contributed by atoms with Crippen LogP contribution in [0.3, 0.4) is 0 Å². The van der Waals surface area contributed by atoms with Crippen LogP contribution in [0.25, 0.3) is 0 Å². The summed E-state index contributed by atoms with van der Waals surface area (Å²) in [7, 11) is 0.526. The maximum absolute atomic E-state index is 12.9. The molecule has 0 radical (unpaired) electrons. The van der Waals surface area contributed by atoms with Crippen LogP contribution in [0.4, 0.5) is 5.69 Å². The summed E-state index contributed by atoms with van der Waals surface area (Å²) in [5.41, 5.74) is 3.55. The third-order valence-corrected chi connectivity index (χ3v) is 11.1. The van der Waals surface area contributed by atoms with E-state index in [0.717, 1.165) is 11.1 Å². The minimum absolute atomic E-state index is 0.0694. The molecule has 0 bridgehead atoms. The number of fused-ring (bicyclic) bond motifs is 1. The fourth-order valence-electron chi connectivity index (χ4n) is 6.23. The molecule has 0 saturated carbocycles. The average Bonchev–Trinajstić information content (AvgIpc) is 3.50. The van der Waals surface area contributed by atoms with Gasteiger partial charge in [-0.3, -0.25) is 9.48 Å². The van der Waals surface area contributed by atoms with Gasteiger partial charge in [0.05, 0.1) is 31.4 Å². The van der Waals surface area contributed by atoms with Crippen LogP contribution in [0.2, 0.25) is 18.6 Å². The van der Waals surface area contributed by atoms with E-state index in [-0.39, 0.29) is 42.1 Å². The third-order valence-electron chi connectivity index (χ3n) is 8.71. The summed E-state index contributed by atoms with van der Waals surface area (Å²) < 4.78 is 19.6. The van der Waals surface area contributed by atoms with Crippen molar-refractivity contribution in [2.45, 2.75) is 56.7 Å². The van der Waals surface area contributed by atoms with Crippen LogP contribution in [0, 0.1) is 5.92 Å². The molecule has 1 aliphatic rings. The highest BCUT2D eigenvalue weighted by Gasteiger charge is 2.46. The number of benzene rings is 3. The zero-order chi connectivity index (χ0) is 32.1. The minimum atomic E-state index is -2.73. The molecule has 0 saturated heterocycles. The van der Waals surface area contributed by atoms with Crippen molar-refractivity contribution < 1.29 is 28.9 Å². The largest absolute Gasteiger partial charge is 0.497 e. The predicted octanol–water partition coefficient (Wildman–Crippen LogP) is 5.41. The number of carbonyl (C=O) groups is 1.